The van der Waals surface area contributed by atoms with E-state index in [-0.39, 0.29) is 18.0 Å². The van der Waals surface area contributed by atoms with Crippen molar-refractivity contribution in [3.63, 3.8) is 0 Å². The third-order valence-electron chi connectivity index (χ3n) is 4.10. The van der Waals surface area contributed by atoms with Gasteiger partial charge in [-0.25, -0.2) is 0 Å². The van der Waals surface area contributed by atoms with Crippen LogP contribution < -0.4 is 15.4 Å². The van der Waals surface area contributed by atoms with Crippen molar-refractivity contribution in [3.05, 3.63) is 59.7 Å². The first kappa shape index (κ1) is 18.0. The molecule has 0 radical (unpaired) electrons. The summed E-state index contributed by atoms with van der Waals surface area (Å²) in [5, 5.41) is 6.33. The van der Waals surface area contributed by atoms with Gasteiger partial charge in [0.15, 0.2) is 0 Å². The third kappa shape index (κ3) is 4.59. The van der Waals surface area contributed by atoms with Crippen molar-refractivity contribution >= 4 is 11.6 Å². The Balaban J connectivity index is 2.03. The van der Waals surface area contributed by atoms with Crippen molar-refractivity contribution in [1.29, 1.82) is 0 Å². The molecule has 2 aromatic rings. The summed E-state index contributed by atoms with van der Waals surface area (Å²) in [6.07, 6.45) is 0.912. The van der Waals surface area contributed by atoms with Crippen LogP contribution in [-0.4, -0.2) is 19.1 Å². The van der Waals surface area contributed by atoms with E-state index in [9.17, 15) is 4.79 Å². The van der Waals surface area contributed by atoms with Crippen LogP contribution in [0.25, 0.3) is 0 Å². The van der Waals surface area contributed by atoms with Crippen LogP contribution in [0.5, 0.6) is 5.75 Å². The highest BCUT2D eigenvalue weighted by Gasteiger charge is 2.19. The standard InChI is InChI=1S/C20H26N2O2/c1-5-17(16-12-10-14(2)11-13-16)21-15(3)20(23)22-18-8-6-7-9-19(18)24-4/h6-13,15,17,21H,5H2,1-4H3,(H,22,23)/t15-,17+/m0/s1. The predicted octanol–water partition coefficient (Wildman–Crippen LogP) is 4.07. The fraction of sp³-hybridized carbons (Fsp3) is 0.350. The molecule has 128 valence electrons. The van der Waals surface area contributed by atoms with Crippen LogP contribution in [0.1, 0.15) is 37.4 Å². The number of para-hydroxylation sites is 2. The first-order chi connectivity index (χ1) is 11.5. The molecule has 1 amide bonds. The van der Waals surface area contributed by atoms with E-state index in [0.717, 1.165) is 6.42 Å². The summed E-state index contributed by atoms with van der Waals surface area (Å²) < 4.78 is 5.27. The van der Waals surface area contributed by atoms with Gasteiger partial charge in [0.25, 0.3) is 0 Å². The van der Waals surface area contributed by atoms with Crippen LogP contribution in [0.2, 0.25) is 0 Å². The molecular formula is C20H26N2O2. The number of rotatable bonds is 7. The Labute approximate surface area is 144 Å². The molecule has 0 saturated carbocycles. The molecule has 0 aliphatic carbocycles. The summed E-state index contributed by atoms with van der Waals surface area (Å²) >= 11 is 0. The van der Waals surface area contributed by atoms with E-state index in [4.69, 9.17) is 4.74 Å². The van der Waals surface area contributed by atoms with E-state index in [1.165, 1.54) is 11.1 Å². The molecule has 0 aliphatic rings. The summed E-state index contributed by atoms with van der Waals surface area (Å²) in [5.41, 5.74) is 3.11. The quantitative estimate of drug-likeness (QED) is 0.806. The van der Waals surface area contributed by atoms with Crippen LogP contribution in [0.4, 0.5) is 5.69 Å². The molecule has 24 heavy (non-hydrogen) atoms. The van der Waals surface area contributed by atoms with Gasteiger partial charge in [-0.2, -0.15) is 0 Å². The van der Waals surface area contributed by atoms with E-state index < -0.39 is 0 Å². The van der Waals surface area contributed by atoms with Gasteiger partial charge in [0.05, 0.1) is 18.8 Å². The largest absolute Gasteiger partial charge is 0.495 e. The van der Waals surface area contributed by atoms with Gasteiger partial charge in [-0.3, -0.25) is 10.1 Å². The van der Waals surface area contributed by atoms with Crippen LogP contribution in [-0.2, 0) is 4.79 Å². The Morgan fingerprint density at radius 3 is 2.42 bits per heavy atom. The normalized spacial score (nSPS) is 13.2. The van der Waals surface area contributed by atoms with Gasteiger partial charge in [0, 0.05) is 6.04 Å². The zero-order valence-electron chi connectivity index (χ0n) is 14.8. The minimum Gasteiger partial charge on any atom is -0.495 e. The van der Waals surface area contributed by atoms with E-state index in [1.807, 2.05) is 31.2 Å². The maximum atomic E-state index is 12.5. The topological polar surface area (TPSA) is 50.4 Å². The van der Waals surface area contributed by atoms with Crippen LogP contribution in [0, 0.1) is 6.92 Å². The maximum Gasteiger partial charge on any atom is 0.241 e. The average molecular weight is 326 g/mol. The second kappa shape index (κ2) is 8.50. The SMILES string of the molecule is CC[C@@H](N[C@@H](C)C(=O)Nc1ccccc1OC)c1ccc(C)cc1. The molecule has 4 nitrogen and oxygen atoms in total. The highest BCUT2D eigenvalue weighted by atomic mass is 16.5. The van der Waals surface area contributed by atoms with Gasteiger partial charge in [-0.05, 0) is 38.0 Å². The highest BCUT2D eigenvalue weighted by Crippen LogP contribution is 2.23. The lowest BCUT2D eigenvalue weighted by Crippen LogP contribution is -2.40. The molecule has 0 aromatic heterocycles. The van der Waals surface area contributed by atoms with Gasteiger partial charge in [-0.15, -0.1) is 0 Å². The highest BCUT2D eigenvalue weighted by molar-refractivity contribution is 5.95. The number of methoxy groups -OCH3 is 1. The Morgan fingerprint density at radius 2 is 1.79 bits per heavy atom. The summed E-state index contributed by atoms with van der Waals surface area (Å²) in [7, 11) is 1.59. The first-order valence-corrected chi connectivity index (χ1v) is 8.31. The number of anilines is 1. The van der Waals surface area contributed by atoms with Gasteiger partial charge in [0.1, 0.15) is 5.75 Å². The van der Waals surface area contributed by atoms with Crippen molar-refractivity contribution in [2.45, 2.75) is 39.3 Å². The van der Waals surface area contributed by atoms with Crippen molar-refractivity contribution in [2.75, 3.05) is 12.4 Å². The Kier molecular flexibility index (Phi) is 6.38. The molecular weight excluding hydrogens is 300 g/mol. The number of hydrogen-bond acceptors (Lipinski definition) is 3. The predicted molar refractivity (Wildman–Crippen MR) is 98.4 cm³/mol. The number of carbonyl (C=O) groups is 1. The number of nitrogens with one attached hydrogen (secondary N) is 2. The smallest absolute Gasteiger partial charge is 0.241 e. The molecule has 0 fully saturated rings. The van der Waals surface area contributed by atoms with E-state index in [1.54, 1.807) is 7.11 Å². The van der Waals surface area contributed by atoms with Gasteiger partial charge in [0.2, 0.25) is 5.91 Å². The summed E-state index contributed by atoms with van der Waals surface area (Å²) in [6, 6.07) is 15.7. The number of benzene rings is 2. The minimum atomic E-state index is -0.318. The molecule has 2 rings (SSSR count). The third-order valence-corrected chi connectivity index (χ3v) is 4.10. The minimum absolute atomic E-state index is 0.0786. The van der Waals surface area contributed by atoms with E-state index >= 15 is 0 Å². The van der Waals surface area contributed by atoms with Crippen molar-refractivity contribution in [2.24, 2.45) is 0 Å². The first-order valence-electron chi connectivity index (χ1n) is 8.31. The zero-order valence-corrected chi connectivity index (χ0v) is 14.8. The van der Waals surface area contributed by atoms with Gasteiger partial charge >= 0.3 is 0 Å². The average Bonchev–Trinajstić information content (AvgIpc) is 2.60. The Bertz CT molecular complexity index is 668. The number of aryl methyl sites for hydroxylation is 1. The molecule has 0 spiro atoms. The summed E-state index contributed by atoms with van der Waals surface area (Å²) in [4.78, 5) is 12.5. The lowest BCUT2D eigenvalue weighted by atomic mass is 10.0. The van der Waals surface area contributed by atoms with Crippen LogP contribution in [0.15, 0.2) is 48.5 Å². The van der Waals surface area contributed by atoms with Crippen LogP contribution in [0.3, 0.4) is 0 Å². The Hall–Kier alpha value is -2.33. The van der Waals surface area contributed by atoms with Gasteiger partial charge < -0.3 is 10.1 Å². The van der Waals surface area contributed by atoms with Crippen molar-refractivity contribution in [3.8, 4) is 5.75 Å². The fourth-order valence-corrected chi connectivity index (χ4v) is 2.61. The Morgan fingerprint density at radius 1 is 1.12 bits per heavy atom. The van der Waals surface area contributed by atoms with Gasteiger partial charge in [-0.1, -0.05) is 48.9 Å². The second-order valence-electron chi connectivity index (χ2n) is 5.95. The maximum absolute atomic E-state index is 12.5. The summed E-state index contributed by atoms with van der Waals surface area (Å²) in [6.45, 7) is 6.06. The molecule has 0 unspecified atom stereocenters. The van der Waals surface area contributed by atoms with Crippen LogP contribution >= 0.6 is 0 Å². The lowest BCUT2D eigenvalue weighted by molar-refractivity contribution is -0.118. The second-order valence-corrected chi connectivity index (χ2v) is 5.95. The number of amides is 1. The molecule has 4 heteroatoms. The van der Waals surface area contributed by atoms with E-state index in [0.29, 0.717) is 11.4 Å². The number of carbonyl (C=O) groups excluding carboxylic acids is 1. The molecule has 2 N–H and O–H groups in total. The monoisotopic (exact) mass is 326 g/mol. The molecule has 0 heterocycles. The molecule has 0 bridgehead atoms. The number of ether oxygens (including phenoxy) is 1. The molecule has 0 saturated heterocycles. The summed E-state index contributed by atoms with van der Waals surface area (Å²) in [5.74, 6) is 0.577. The van der Waals surface area contributed by atoms with E-state index in [2.05, 4.69) is 48.7 Å². The number of hydrogen-bond donors (Lipinski definition) is 2. The molecule has 2 aromatic carbocycles. The fourth-order valence-electron chi connectivity index (χ4n) is 2.61. The lowest BCUT2D eigenvalue weighted by Gasteiger charge is -2.22. The van der Waals surface area contributed by atoms with Crippen molar-refractivity contribution < 1.29 is 9.53 Å². The zero-order chi connectivity index (χ0) is 17.5. The molecule has 0 aliphatic heterocycles. The van der Waals surface area contributed by atoms with Crippen molar-refractivity contribution in [1.82, 2.24) is 5.32 Å². The molecule has 2 atom stereocenters.